The fraction of sp³-hybridized carbons (Fsp3) is 0.500. The summed E-state index contributed by atoms with van der Waals surface area (Å²) < 4.78 is 18.8. The van der Waals surface area contributed by atoms with E-state index in [1.165, 1.54) is 12.1 Å². The summed E-state index contributed by atoms with van der Waals surface area (Å²) in [6, 6.07) is 8.77. The molecule has 0 spiro atoms. The number of nitrogens with zero attached hydrogens (tertiary/aromatic N) is 2. The topological polar surface area (TPSA) is 36.7 Å². The van der Waals surface area contributed by atoms with Crippen LogP contribution in [0.5, 0.6) is 0 Å². The van der Waals surface area contributed by atoms with Gasteiger partial charge in [0.25, 0.3) is 0 Å². The van der Waals surface area contributed by atoms with Gasteiger partial charge in [0.05, 0.1) is 6.54 Å². The summed E-state index contributed by atoms with van der Waals surface area (Å²) >= 11 is 0. The average molecular weight is 409 g/mol. The summed E-state index contributed by atoms with van der Waals surface area (Å²) in [5.74, 6) is 2.05. The molecule has 28 heavy (non-hydrogen) atoms. The number of rotatable bonds is 8. The van der Waals surface area contributed by atoms with Crippen LogP contribution >= 0.6 is 12.4 Å². The Morgan fingerprint density at radius 2 is 1.93 bits per heavy atom. The van der Waals surface area contributed by atoms with Gasteiger partial charge in [-0.05, 0) is 57.1 Å². The second-order valence-electron chi connectivity index (χ2n) is 7.65. The van der Waals surface area contributed by atoms with Crippen LogP contribution < -0.4 is 0 Å². The zero-order chi connectivity index (χ0) is 19.2. The van der Waals surface area contributed by atoms with Crippen molar-refractivity contribution in [2.24, 2.45) is 0 Å². The molecular formula is C22H30ClFN2O2. The molecule has 0 unspecified atom stereocenters. The predicted molar refractivity (Wildman–Crippen MR) is 111 cm³/mol. The fourth-order valence-electron chi connectivity index (χ4n) is 3.59. The van der Waals surface area contributed by atoms with Crippen molar-refractivity contribution in [3.63, 3.8) is 0 Å². The van der Waals surface area contributed by atoms with Crippen molar-refractivity contribution in [2.75, 3.05) is 20.6 Å². The number of fused-ring (bicyclic) bond motifs is 1. The molecule has 0 saturated heterocycles. The maximum absolute atomic E-state index is 12.9. The monoisotopic (exact) mass is 408 g/mol. The molecule has 0 fully saturated rings. The third-order valence-electron chi connectivity index (χ3n) is 5.01. The van der Waals surface area contributed by atoms with E-state index in [4.69, 9.17) is 4.42 Å². The zero-order valence-electron chi connectivity index (χ0n) is 16.7. The van der Waals surface area contributed by atoms with Gasteiger partial charge in [-0.3, -0.25) is 4.79 Å². The highest BCUT2D eigenvalue weighted by atomic mass is 35.5. The largest absolute Gasteiger partial charge is 0.464 e. The molecule has 1 aromatic heterocycles. The van der Waals surface area contributed by atoms with Crippen LogP contribution in [0.2, 0.25) is 0 Å². The van der Waals surface area contributed by atoms with E-state index in [9.17, 15) is 9.18 Å². The molecule has 2 heterocycles. The van der Waals surface area contributed by atoms with E-state index in [2.05, 4.69) is 11.0 Å². The Hall–Kier alpha value is -1.85. The number of amides is 1. The van der Waals surface area contributed by atoms with E-state index in [-0.39, 0.29) is 24.1 Å². The summed E-state index contributed by atoms with van der Waals surface area (Å²) in [5, 5.41) is 0. The Labute approximate surface area is 173 Å². The molecule has 1 aromatic carbocycles. The van der Waals surface area contributed by atoms with Crippen molar-refractivity contribution < 1.29 is 13.6 Å². The number of aryl methyl sites for hydroxylation is 1. The fourth-order valence-corrected chi connectivity index (χ4v) is 3.59. The molecule has 6 heteroatoms. The van der Waals surface area contributed by atoms with Gasteiger partial charge >= 0.3 is 0 Å². The maximum atomic E-state index is 12.9. The van der Waals surface area contributed by atoms with E-state index in [1.54, 1.807) is 0 Å². The Balaban J connectivity index is 0.00000280. The third-order valence-corrected chi connectivity index (χ3v) is 5.01. The molecule has 0 atom stereocenters. The number of carbonyl (C=O) groups excluding carboxylic acids is 1. The number of furan rings is 1. The van der Waals surface area contributed by atoms with Crippen molar-refractivity contribution in [3.05, 3.63) is 58.8 Å². The van der Waals surface area contributed by atoms with Gasteiger partial charge in [-0.1, -0.05) is 18.6 Å². The average Bonchev–Trinajstić information content (AvgIpc) is 3.03. The van der Waals surface area contributed by atoms with Crippen molar-refractivity contribution in [1.29, 1.82) is 0 Å². The quantitative estimate of drug-likeness (QED) is 0.599. The minimum Gasteiger partial charge on any atom is -0.464 e. The van der Waals surface area contributed by atoms with Gasteiger partial charge in [-0.2, -0.15) is 0 Å². The van der Waals surface area contributed by atoms with Crippen LogP contribution in [0.4, 0.5) is 4.39 Å². The van der Waals surface area contributed by atoms with Gasteiger partial charge < -0.3 is 14.2 Å². The molecular weight excluding hydrogens is 379 g/mol. The highest BCUT2D eigenvalue weighted by Gasteiger charge is 2.23. The first-order valence-electron chi connectivity index (χ1n) is 9.78. The van der Waals surface area contributed by atoms with E-state index in [1.807, 2.05) is 31.1 Å². The van der Waals surface area contributed by atoms with Crippen molar-refractivity contribution in [2.45, 2.75) is 51.6 Å². The Kier molecular flexibility index (Phi) is 8.52. The van der Waals surface area contributed by atoms with Gasteiger partial charge in [0, 0.05) is 31.5 Å². The molecule has 3 rings (SSSR count). The molecule has 2 aromatic rings. The molecule has 4 nitrogen and oxygen atoms in total. The standard InChI is InChI=1S/C22H29FN2O2.ClH/c1-24(2)16-20-14-18-15-25(13-12-21(18)27-20)22(26)7-5-3-4-6-17-8-10-19(23)11-9-17;/h8-11,14H,3-7,12-13,15-16H2,1-2H3;1H. The summed E-state index contributed by atoms with van der Waals surface area (Å²) in [4.78, 5) is 16.5. The van der Waals surface area contributed by atoms with E-state index in [0.717, 1.165) is 67.8 Å². The van der Waals surface area contributed by atoms with Gasteiger partial charge in [0.15, 0.2) is 0 Å². The van der Waals surface area contributed by atoms with Crippen molar-refractivity contribution in [1.82, 2.24) is 9.80 Å². The van der Waals surface area contributed by atoms with Crippen LogP contribution in [-0.2, 0) is 30.7 Å². The summed E-state index contributed by atoms with van der Waals surface area (Å²) in [7, 11) is 4.04. The number of halogens is 2. The SMILES string of the molecule is CN(C)Cc1cc2c(o1)CCN(C(=O)CCCCCc1ccc(F)cc1)C2.Cl. The third kappa shape index (κ3) is 6.35. The minimum absolute atomic E-state index is 0. The van der Waals surface area contributed by atoms with E-state index < -0.39 is 0 Å². The van der Waals surface area contributed by atoms with Crippen LogP contribution in [0, 0.1) is 5.82 Å². The molecule has 1 amide bonds. The molecule has 0 bridgehead atoms. The molecule has 0 radical (unpaired) electrons. The van der Waals surface area contributed by atoms with Crippen LogP contribution in [0.15, 0.2) is 34.7 Å². The summed E-state index contributed by atoms with van der Waals surface area (Å²) in [6.07, 6.45) is 5.28. The number of carbonyl (C=O) groups is 1. The molecule has 1 aliphatic heterocycles. The zero-order valence-corrected chi connectivity index (χ0v) is 17.6. The van der Waals surface area contributed by atoms with Crippen LogP contribution in [-0.4, -0.2) is 36.3 Å². The molecule has 0 N–H and O–H groups in total. The number of unbranched alkanes of at least 4 members (excludes halogenated alkanes) is 2. The molecule has 0 aliphatic carbocycles. The lowest BCUT2D eigenvalue weighted by Gasteiger charge is -2.26. The second-order valence-corrected chi connectivity index (χ2v) is 7.65. The van der Waals surface area contributed by atoms with Gasteiger partial charge in [-0.25, -0.2) is 4.39 Å². The van der Waals surface area contributed by atoms with Crippen LogP contribution in [0.25, 0.3) is 0 Å². The number of hydrogen-bond acceptors (Lipinski definition) is 3. The lowest BCUT2D eigenvalue weighted by molar-refractivity contribution is -0.132. The Bertz CT molecular complexity index is 758. The van der Waals surface area contributed by atoms with Gasteiger partial charge in [0.2, 0.25) is 5.91 Å². The van der Waals surface area contributed by atoms with Gasteiger partial charge in [-0.15, -0.1) is 12.4 Å². The maximum Gasteiger partial charge on any atom is 0.222 e. The summed E-state index contributed by atoms with van der Waals surface area (Å²) in [6.45, 7) is 2.20. The first kappa shape index (κ1) is 22.4. The van der Waals surface area contributed by atoms with Crippen LogP contribution in [0.3, 0.4) is 0 Å². The van der Waals surface area contributed by atoms with E-state index >= 15 is 0 Å². The highest BCUT2D eigenvalue weighted by Crippen LogP contribution is 2.24. The first-order chi connectivity index (χ1) is 13.0. The van der Waals surface area contributed by atoms with Crippen molar-refractivity contribution in [3.8, 4) is 0 Å². The van der Waals surface area contributed by atoms with Crippen LogP contribution in [0.1, 0.15) is 48.3 Å². The smallest absolute Gasteiger partial charge is 0.222 e. The highest BCUT2D eigenvalue weighted by molar-refractivity contribution is 5.85. The van der Waals surface area contributed by atoms with Crippen molar-refractivity contribution >= 4 is 18.3 Å². The van der Waals surface area contributed by atoms with E-state index in [0.29, 0.717) is 13.0 Å². The molecule has 1 aliphatic rings. The Morgan fingerprint density at radius 1 is 1.18 bits per heavy atom. The molecule has 0 saturated carbocycles. The predicted octanol–water partition coefficient (Wildman–Crippen LogP) is 4.59. The number of hydrogen-bond donors (Lipinski definition) is 0. The first-order valence-corrected chi connectivity index (χ1v) is 9.78. The normalized spacial score (nSPS) is 13.4. The minimum atomic E-state index is -0.194. The lowest BCUT2D eigenvalue weighted by atomic mass is 10.0. The van der Waals surface area contributed by atoms with Gasteiger partial charge in [0.1, 0.15) is 17.3 Å². The summed E-state index contributed by atoms with van der Waals surface area (Å²) in [5.41, 5.74) is 2.31. The lowest BCUT2D eigenvalue weighted by Crippen LogP contribution is -2.35. The molecule has 154 valence electrons. The second kappa shape index (κ2) is 10.6. The Morgan fingerprint density at radius 3 is 2.64 bits per heavy atom. The number of benzene rings is 1.